The maximum absolute atomic E-state index is 13.5. The van der Waals surface area contributed by atoms with E-state index in [-0.39, 0.29) is 18.0 Å². The number of benzene rings is 1. The monoisotopic (exact) mass is 294 g/mol. The van der Waals surface area contributed by atoms with E-state index < -0.39 is 0 Å². The second kappa shape index (κ2) is 7.87. The van der Waals surface area contributed by atoms with Gasteiger partial charge < -0.3 is 10.1 Å². The molecule has 1 heterocycles. The molecule has 1 aliphatic rings. The van der Waals surface area contributed by atoms with Crippen LogP contribution in [0.15, 0.2) is 18.2 Å². The SMILES string of the molecule is CCCN1CCOC(C(NCC)c2ccc(F)c(C)c2)C1. The zero-order valence-corrected chi connectivity index (χ0v) is 13.4. The second-order valence-electron chi connectivity index (χ2n) is 5.75. The van der Waals surface area contributed by atoms with Crippen LogP contribution in [0.5, 0.6) is 0 Å². The molecule has 3 nitrogen and oxygen atoms in total. The third-order valence-corrected chi connectivity index (χ3v) is 4.05. The van der Waals surface area contributed by atoms with Crippen LogP contribution in [0.3, 0.4) is 0 Å². The summed E-state index contributed by atoms with van der Waals surface area (Å²) in [5.41, 5.74) is 1.80. The highest BCUT2D eigenvalue weighted by Crippen LogP contribution is 2.24. The van der Waals surface area contributed by atoms with Crippen LogP contribution in [0.4, 0.5) is 4.39 Å². The van der Waals surface area contributed by atoms with Gasteiger partial charge in [0.25, 0.3) is 0 Å². The number of nitrogens with one attached hydrogen (secondary N) is 1. The maximum atomic E-state index is 13.5. The van der Waals surface area contributed by atoms with Crippen molar-refractivity contribution in [3.8, 4) is 0 Å². The quantitative estimate of drug-likeness (QED) is 0.873. The van der Waals surface area contributed by atoms with Gasteiger partial charge in [0.1, 0.15) is 5.82 Å². The standard InChI is InChI=1S/C17H27FN2O/c1-4-8-20-9-10-21-16(12-20)17(19-5-2)14-6-7-15(18)13(3)11-14/h6-7,11,16-17,19H,4-5,8-10,12H2,1-3H3. The Hall–Kier alpha value is -0.970. The van der Waals surface area contributed by atoms with Gasteiger partial charge in [-0.3, -0.25) is 4.90 Å². The molecule has 0 radical (unpaired) electrons. The minimum atomic E-state index is -0.147. The molecular formula is C17H27FN2O. The summed E-state index contributed by atoms with van der Waals surface area (Å²) in [6, 6.07) is 5.48. The van der Waals surface area contributed by atoms with E-state index in [2.05, 4.69) is 24.1 Å². The topological polar surface area (TPSA) is 24.5 Å². The van der Waals surface area contributed by atoms with Gasteiger partial charge in [0.15, 0.2) is 0 Å². The first-order valence-electron chi connectivity index (χ1n) is 7.99. The molecule has 0 saturated carbocycles. The molecule has 1 fully saturated rings. The van der Waals surface area contributed by atoms with E-state index in [0.717, 1.165) is 44.8 Å². The predicted molar refractivity (Wildman–Crippen MR) is 84.0 cm³/mol. The van der Waals surface area contributed by atoms with Crippen molar-refractivity contribution in [3.05, 3.63) is 35.1 Å². The normalized spacial score (nSPS) is 21.4. The molecule has 1 saturated heterocycles. The molecule has 1 aromatic rings. The smallest absolute Gasteiger partial charge is 0.126 e. The summed E-state index contributed by atoms with van der Waals surface area (Å²) >= 11 is 0. The lowest BCUT2D eigenvalue weighted by molar-refractivity contribution is -0.0468. The number of halogens is 1. The molecule has 0 aromatic heterocycles. The molecule has 118 valence electrons. The van der Waals surface area contributed by atoms with Gasteiger partial charge in [-0.15, -0.1) is 0 Å². The fourth-order valence-electron chi connectivity index (χ4n) is 3.00. The van der Waals surface area contributed by atoms with Crippen molar-refractivity contribution >= 4 is 0 Å². The first-order valence-corrected chi connectivity index (χ1v) is 7.99. The summed E-state index contributed by atoms with van der Waals surface area (Å²) in [6.45, 7) is 10.8. The van der Waals surface area contributed by atoms with Crippen LogP contribution in [-0.4, -0.2) is 43.8 Å². The van der Waals surface area contributed by atoms with E-state index in [9.17, 15) is 4.39 Å². The number of morpholine rings is 1. The first kappa shape index (κ1) is 16.4. The Morgan fingerprint density at radius 3 is 2.90 bits per heavy atom. The molecule has 0 aliphatic carbocycles. The van der Waals surface area contributed by atoms with Crippen LogP contribution >= 0.6 is 0 Å². The summed E-state index contributed by atoms with van der Waals surface area (Å²) in [5, 5.41) is 3.50. The highest BCUT2D eigenvalue weighted by molar-refractivity contribution is 5.27. The third-order valence-electron chi connectivity index (χ3n) is 4.05. The van der Waals surface area contributed by atoms with Gasteiger partial charge in [-0.25, -0.2) is 4.39 Å². The van der Waals surface area contributed by atoms with Crippen molar-refractivity contribution in [2.45, 2.75) is 39.3 Å². The zero-order valence-electron chi connectivity index (χ0n) is 13.4. The predicted octanol–water partition coefficient (Wildman–Crippen LogP) is 2.90. The van der Waals surface area contributed by atoms with Gasteiger partial charge in [0.05, 0.1) is 18.8 Å². The molecular weight excluding hydrogens is 267 g/mol. The van der Waals surface area contributed by atoms with Crippen LogP contribution in [0.2, 0.25) is 0 Å². The number of rotatable bonds is 6. The Morgan fingerprint density at radius 1 is 1.43 bits per heavy atom. The van der Waals surface area contributed by atoms with Gasteiger partial charge >= 0.3 is 0 Å². The molecule has 1 N–H and O–H groups in total. The zero-order chi connectivity index (χ0) is 15.2. The number of hydrogen-bond acceptors (Lipinski definition) is 3. The van der Waals surface area contributed by atoms with Gasteiger partial charge in [-0.2, -0.15) is 0 Å². The van der Waals surface area contributed by atoms with Gasteiger partial charge in [-0.05, 0) is 43.6 Å². The van der Waals surface area contributed by atoms with Gasteiger partial charge in [-0.1, -0.05) is 26.0 Å². The molecule has 1 aliphatic heterocycles. The largest absolute Gasteiger partial charge is 0.374 e. The van der Waals surface area contributed by atoms with E-state index in [4.69, 9.17) is 4.74 Å². The molecule has 0 amide bonds. The average Bonchev–Trinajstić information content (AvgIpc) is 2.48. The first-order chi connectivity index (χ1) is 10.2. The Labute approximate surface area is 127 Å². The van der Waals surface area contributed by atoms with Crippen LogP contribution in [-0.2, 0) is 4.74 Å². The van der Waals surface area contributed by atoms with Crippen molar-refractivity contribution < 1.29 is 9.13 Å². The Bertz CT molecular complexity index is 450. The highest BCUT2D eigenvalue weighted by Gasteiger charge is 2.28. The average molecular weight is 294 g/mol. The second-order valence-corrected chi connectivity index (χ2v) is 5.75. The molecule has 0 spiro atoms. The minimum Gasteiger partial charge on any atom is -0.374 e. The number of aryl methyl sites for hydroxylation is 1. The van der Waals surface area contributed by atoms with Crippen LogP contribution in [0.25, 0.3) is 0 Å². The molecule has 21 heavy (non-hydrogen) atoms. The molecule has 1 aromatic carbocycles. The molecule has 4 heteroatoms. The number of likely N-dealkylation sites (N-methyl/N-ethyl adjacent to an activating group) is 1. The van der Waals surface area contributed by atoms with Crippen molar-refractivity contribution in [1.29, 1.82) is 0 Å². The number of nitrogens with zero attached hydrogens (tertiary/aromatic N) is 1. The fourth-order valence-corrected chi connectivity index (χ4v) is 3.00. The minimum absolute atomic E-state index is 0.119. The lowest BCUT2D eigenvalue weighted by Crippen LogP contribution is -2.48. The van der Waals surface area contributed by atoms with Crippen LogP contribution < -0.4 is 5.32 Å². The van der Waals surface area contributed by atoms with Crippen LogP contribution in [0.1, 0.15) is 37.4 Å². The molecule has 2 rings (SSSR count). The van der Waals surface area contributed by atoms with E-state index in [1.54, 1.807) is 6.07 Å². The van der Waals surface area contributed by atoms with Crippen LogP contribution in [0, 0.1) is 12.7 Å². The third kappa shape index (κ3) is 4.25. The Kier molecular flexibility index (Phi) is 6.15. The van der Waals surface area contributed by atoms with Gasteiger partial charge in [0, 0.05) is 13.1 Å². The summed E-state index contributed by atoms with van der Waals surface area (Å²) < 4.78 is 19.5. The lowest BCUT2D eigenvalue weighted by atomic mass is 9.98. The summed E-state index contributed by atoms with van der Waals surface area (Å²) in [7, 11) is 0. The summed E-state index contributed by atoms with van der Waals surface area (Å²) in [6.07, 6.45) is 1.28. The molecule has 2 atom stereocenters. The van der Waals surface area contributed by atoms with Crippen molar-refractivity contribution in [2.24, 2.45) is 0 Å². The summed E-state index contributed by atoms with van der Waals surface area (Å²) in [5.74, 6) is -0.147. The highest BCUT2D eigenvalue weighted by atomic mass is 19.1. The van der Waals surface area contributed by atoms with Crippen molar-refractivity contribution in [1.82, 2.24) is 10.2 Å². The molecule has 2 unspecified atom stereocenters. The maximum Gasteiger partial charge on any atom is 0.126 e. The number of ether oxygens (including phenoxy) is 1. The fraction of sp³-hybridized carbons (Fsp3) is 0.647. The van der Waals surface area contributed by atoms with Crippen molar-refractivity contribution in [2.75, 3.05) is 32.8 Å². The molecule has 0 bridgehead atoms. The van der Waals surface area contributed by atoms with Gasteiger partial charge in [0.2, 0.25) is 0 Å². The van der Waals surface area contributed by atoms with E-state index >= 15 is 0 Å². The summed E-state index contributed by atoms with van der Waals surface area (Å²) in [4.78, 5) is 2.45. The van der Waals surface area contributed by atoms with Crippen molar-refractivity contribution in [3.63, 3.8) is 0 Å². The van der Waals surface area contributed by atoms with E-state index in [1.165, 1.54) is 0 Å². The van der Waals surface area contributed by atoms with E-state index in [1.807, 2.05) is 19.1 Å². The number of hydrogen-bond donors (Lipinski definition) is 1. The Balaban J connectivity index is 2.15. The Morgan fingerprint density at radius 2 is 2.24 bits per heavy atom. The lowest BCUT2D eigenvalue weighted by Gasteiger charge is -2.37. The van der Waals surface area contributed by atoms with E-state index in [0.29, 0.717) is 5.56 Å².